The molecule has 0 unspecified atom stereocenters. The number of non-ortho nitro benzene ring substituents is 2. The Labute approximate surface area is 289 Å². The summed E-state index contributed by atoms with van der Waals surface area (Å²) in [6.07, 6.45) is 10.1. The lowest BCUT2D eigenvalue weighted by Crippen LogP contribution is -2.23. The maximum atomic E-state index is 12.2. The molecule has 252 valence electrons. The lowest BCUT2D eigenvalue weighted by Gasteiger charge is -2.20. The van der Waals surface area contributed by atoms with Gasteiger partial charge in [-0.2, -0.15) is 0 Å². The number of nitro groups is 2. The first-order valence-corrected chi connectivity index (χ1v) is 15.6. The van der Waals surface area contributed by atoms with Crippen molar-refractivity contribution in [2.24, 2.45) is 0 Å². The fraction of sp³-hybridized carbons (Fsp3) is 0.0556. The summed E-state index contributed by atoms with van der Waals surface area (Å²) in [7, 11) is 3.12. The molecular formula is C36H28N4O9S. The van der Waals surface area contributed by atoms with Crippen LogP contribution in [0, 0.1) is 20.2 Å². The number of anilines is 2. The summed E-state index contributed by atoms with van der Waals surface area (Å²) in [6, 6.07) is 22.9. The van der Waals surface area contributed by atoms with Gasteiger partial charge in [0.05, 0.1) is 40.3 Å². The van der Waals surface area contributed by atoms with Gasteiger partial charge >= 0.3 is 0 Å². The van der Waals surface area contributed by atoms with E-state index in [1.165, 1.54) is 42.1 Å². The highest BCUT2D eigenvalue weighted by Crippen LogP contribution is 2.40. The molecule has 0 bridgehead atoms. The molecule has 2 heterocycles. The van der Waals surface area contributed by atoms with Crippen molar-refractivity contribution in [3.8, 4) is 17.2 Å². The molecule has 2 aliphatic heterocycles. The molecule has 2 N–H and O–H groups in total. The van der Waals surface area contributed by atoms with Crippen LogP contribution in [0.3, 0.4) is 0 Å². The van der Waals surface area contributed by atoms with Crippen LogP contribution in [0.25, 0.3) is 12.2 Å². The average molecular weight is 693 g/mol. The molecule has 14 heteroatoms. The number of nitrogens with zero attached hydrogens (tertiary/aromatic N) is 2. The molecular weight excluding hydrogens is 664 g/mol. The number of amides is 2. The molecule has 50 heavy (non-hydrogen) atoms. The van der Waals surface area contributed by atoms with Gasteiger partial charge in [0.15, 0.2) is 11.5 Å². The maximum absolute atomic E-state index is 12.2. The van der Waals surface area contributed by atoms with E-state index in [1.807, 2.05) is 12.1 Å². The number of hydrogen-bond donors (Lipinski definition) is 2. The van der Waals surface area contributed by atoms with Gasteiger partial charge in [-0.25, -0.2) is 0 Å². The van der Waals surface area contributed by atoms with Crippen molar-refractivity contribution in [2.45, 2.75) is 4.90 Å². The number of benzene rings is 4. The first kappa shape index (κ1) is 34.7. The number of nitrogens with one attached hydrogen (secondary N) is 2. The Morgan fingerprint density at radius 3 is 1.76 bits per heavy atom. The van der Waals surface area contributed by atoms with Crippen LogP contribution in [-0.4, -0.2) is 35.9 Å². The smallest absolute Gasteiger partial charge is 0.291 e. The van der Waals surface area contributed by atoms with Crippen molar-refractivity contribution in [3.63, 3.8) is 0 Å². The van der Waals surface area contributed by atoms with Crippen LogP contribution < -0.4 is 24.8 Å². The predicted octanol–water partition coefficient (Wildman–Crippen LogP) is 7.78. The standard InChI is InChI=1S/C18H14N2O5.C18H14N2O4S/c2*1-24-14-9-10-16-15(11-14)19-18(21)17(25-16)4-2-3-12-5-7-13(8-6-12)20(22)23/h2*2-11H,1H3,(H,19,21)/b2*3-2+,17-4-. The molecule has 2 aliphatic rings. The van der Waals surface area contributed by atoms with Crippen LogP contribution in [0.4, 0.5) is 22.7 Å². The number of carbonyl (C=O) groups is 2. The molecule has 0 aliphatic carbocycles. The second kappa shape index (κ2) is 16.0. The molecule has 13 nitrogen and oxygen atoms in total. The zero-order valence-electron chi connectivity index (χ0n) is 26.5. The lowest BCUT2D eigenvalue weighted by molar-refractivity contribution is -0.385. The van der Waals surface area contributed by atoms with Crippen molar-refractivity contribution < 1.29 is 33.6 Å². The number of fused-ring (bicyclic) bond motifs is 2. The van der Waals surface area contributed by atoms with Crippen LogP contribution in [0.2, 0.25) is 0 Å². The van der Waals surface area contributed by atoms with Crippen LogP contribution in [0.1, 0.15) is 11.1 Å². The van der Waals surface area contributed by atoms with Gasteiger partial charge in [-0.3, -0.25) is 29.8 Å². The van der Waals surface area contributed by atoms with Gasteiger partial charge in [-0.1, -0.05) is 36.1 Å². The summed E-state index contributed by atoms with van der Waals surface area (Å²) in [6.45, 7) is 0. The van der Waals surface area contributed by atoms with Gasteiger partial charge in [0.25, 0.3) is 23.2 Å². The van der Waals surface area contributed by atoms with Gasteiger partial charge in [0.2, 0.25) is 0 Å². The number of carbonyl (C=O) groups excluding carboxylic acids is 2. The Bertz CT molecular complexity index is 1920. The fourth-order valence-corrected chi connectivity index (χ4v) is 5.35. The number of allylic oxidation sites excluding steroid dienone is 4. The minimum absolute atomic E-state index is 0.0255. The van der Waals surface area contributed by atoms with Crippen molar-refractivity contribution in [1.29, 1.82) is 0 Å². The van der Waals surface area contributed by atoms with Gasteiger partial charge in [-0.05, 0) is 71.8 Å². The summed E-state index contributed by atoms with van der Waals surface area (Å²) < 4.78 is 15.8. The number of thioether (sulfide) groups is 1. The molecule has 4 aromatic carbocycles. The van der Waals surface area contributed by atoms with E-state index < -0.39 is 9.85 Å². The quantitative estimate of drug-likeness (QED) is 0.106. The molecule has 2 amide bonds. The minimum Gasteiger partial charge on any atom is -0.497 e. The third kappa shape index (κ3) is 8.81. The van der Waals surface area contributed by atoms with Crippen LogP contribution >= 0.6 is 11.8 Å². The largest absolute Gasteiger partial charge is 0.497 e. The first-order valence-electron chi connectivity index (χ1n) is 14.7. The Morgan fingerprint density at radius 2 is 1.20 bits per heavy atom. The molecule has 0 radical (unpaired) electrons. The molecule has 4 aromatic rings. The predicted molar refractivity (Wildman–Crippen MR) is 190 cm³/mol. The van der Waals surface area contributed by atoms with Gasteiger partial charge in [-0.15, -0.1) is 0 Å². The van der Waals surface area contributed by atoms with E-state index in [2.05, 4.69) is 10.6 Å². The molecule has 0 aromatic heterocycles. The highest BCUT2D eigenvalue weighted by molar-refractivity contribution is 8.04. The second-order valence-electron chi connectivity index (χ2n) is 10.3. The lowest BCUT2D eigenvalue weighted by atomic mass is 10.2. The summed E-state index contributed by atoms with van der Waals surface area (Å²) in [5.74, 6) is 1.43. The molecule has 0 spiro atoms. The number of methoxy groups -OCH3 is 2. The van der Waals surface area contributed by atoms with E-state index in [1.54, 1.807) is 93.1 Å². The highest BCUT2D eigenvalue weighted by atomic mass is 32.2. The number of nitro benzene ring substituents is 2. The average Bonchev–Trinajstić information content (AvgIpc) is 3.12. The summed E-state index contributed by atoms with van der Waals surface area (Å²) in [4.78, 5) is 46.1. The topological polar surface area (TPSA) is 172 Å². The summed E-state index contributed by atoms with van der Waals surface area (Å²) in [5, 5.41) is 26.8. The number of ether oxygens (including phenoxy) is 3. The normalized spacial score (nSPS) is 14.9. The maximum Gasteiger partial charge on any atom is 0.291 e. The third-order valence-corrected chi connectivity index (χ3v) is 8.15. The van der Waals surface area contributed by atoms with E-state index in [4.69, 9.17) is 14.2 Å². The van der Waals surface area contributed by atoms with E-state index in [-0.39, 0.29) is 28.9 Å². The van der Waals surface area contributed by atoms with Gasteiger partial charge in [0, 0.05) is 41.3 Å². The van der Waals surface area contributed by atoms with Crippen LogP contribution in [0.5, 0.6) is 17.2 Å². The monoisotopic (exact) mass is 692 g/mol. The molecule has 0 atom stereocenters. The number of hydrogen-bond acceptors (Lipinski definition) is 10. The van der Waals surface area contributed by atoms with E-state index >= 15 is 0 Å². The van der Waals surface area contributed by atoms with Crippen molar-refractivity contribution in [1.82, 2.24) is 0 Å². The second-order valence-corrected chi connectivity index (χ2v) is 11.4. The van der Waals surface area contributed by atoms with Crippen molar-refractivity contribution in [2.75, 3.05) is 24.9 Å². The fourth-order valence-electron chi connectivity index (χ4n) is 4.47. The summed E-state index contributed by atoms with van der Waals surface area (Å²) >= 11 is 1.38. The Hall–Kier alpha value is -6.67. The SMILES string of the molecule is COc1ccc2c(c1)NC(=O)/C(=C/C=C/c1ccc([N+](=O)[O-])cc1)O2.COc1ccc2c(c1)NC(=O)/C(=C/C=C/c1ccc([N+](=O)[O-])cc1)S2. The summed E-state index contributed by atoms with van der Waals surface area (Å²) in [5.41, 5.74) is 2.92. The van der Waals surface area contributed by atoms with E-state index in [9.17, 15) is 29.8 Å². The highest BCUT2D eigenvalue weighted by Gasteiger charge is 2.22. The van der Waals surface area contributed by atoms with Crippen LogP contribution in [-0.2, 0) is 9.59 Å². The molecule has 0 saturated heterocycles. The third-order valence-electron chi connectivity index (χ3n) is 7.04. The van der Waals surface area contributed by atoms with E-state index in [0.29, 0.717) is 27.8 Å². The van der Waals surface area contributed by atoms with E-state index in [0.717, 1.165) is 21.7 Å². The number of rotatable bonds is 8. The van der Waals surface area contributed by atoms with Gasteiger partial charge in [0.1, 0.15) is 11.5 Å². The zero-order chi connectivity index (χ0) is 35.6. The molecule has 0 saturated carbocycles. The Balaban J connectivity index is 0.000000194. The molecule has 0 fully saturated rings. The van der Waals surface area contributed by atoms with Gasteiger partial charge < -0.3 is 24.8 Å². The Morgan fingerprint density at radius 1 is 0.680 bits per heavy atom. The van der Waals surface area contributed by atoms with Crippen molar-refractivity contribution in [3.05, 3.63) is 151 Å². The minimum atomic E-state index is -0.456. The Kier molecular flexibility index (Phi) is 11.1. The first-order chi connectivity index (χ1) is 24.1. The van der Waals surface area contributed by atoms with Crippen molar-refractivity contribution >= 4 is 58.5 Å². The zero-order valence-corrected chi connectivity index (χ0v) is 27.3. The van der Waals surface area contributed by atoms with Crippen LogP contribution in [0.15, 0.2) is 125 Å². The molecule has 6 rings (SSSR count).